The first kappa shape index (κ1) is 12.6. The molecule has 94 valence electrons. The van der Waals surface area contributed by atoms with Gasteiger partial charge in [0, 0.05) is 25.7 Å². The summed E-state index contributed by atoms with van der Waals surface area (Å²) in [6.45, 7) is 1.63. The van der Waals surface area contributed by atoms with E-state index in [1.807, 2.05) is 0 Å². The Morgan fingerprint density at radius 3 is 2.41 bits per heavy atom. The lowest BCUT2D eigenvalue weighted by molar-refractivity contribution is 0.195. The lowest BCUT2D eigenvalue weighted by Gasteiger charge is -2.41. The van der Waals surface area contributed by atoms with Crippen molar-refractivity contribution < 1.29 is 4.74 Å². The molecule has 0 aromatic heterocycles. The zero-order valence-electron chi connectivity index (χ0n) is 10.7. The first-order valence-corrected chi connectivity index (χ1v) is 6.59. The molecule has 0 amide bonds. The molecule has 0 aliphatic heterocycles. The van der Waals surface area contributed by atoms with Crippen LogP contribution in [0.5, 0.6) is 0 Å². The Hall–Kier alpha value is -0.860. The Kier molecular flexibility index (Phi) is 4.19. The summed E-state index contributed by atoms with van der Waals surface area (Å²) in [6.07, 6.45) is 6.04. The van der Waals surface area contributed by atoms with E-state index in [-0.39, 0.29) is 0 Å². The number of ether oxygens (including phenoxy) is 1. The second-order valence-electron chi connectivity index (χ2n) is 5.13. The molecule has 2 heteroatoms. The van der Waals surface area contributed by atoms with Crippen molar-refractivity contribution in [2.45, 2.75) is 37.5 Å². The molecule has 0 radical (unpaired) electrons. The molecule has 1 saturated carbocycles. The Bertz CT molecular complexity index is 335. The maximum atomic E-state index is 5.92. The molecule has 0 heterocycles. The topological polar surface area (TPSA) is 35.2 Å². The zero-order valence-corrected chi connectivity index (χ0v) is 10.7. The van der Waals surface area contributed by atoms with Gasteiger partial charge >= 0.3 is 0 Å². The van der Waals surface area contributed by atoms with E-state index in [2.05, 4.69) is 24.3 Å². The highest BCUT2D eigenvalue weighted by Crippen LogP contribution is 2.42. The van der Waals surface area contributed by atoms with Crippen molar-refractivity contribution in [3.05, 3.63) is 35.4 Å². The van der Waals surface area contributed by atoms with Gasteiger partial charge in [0.25, 0.3) is 0 Å². The second kappa shape index (κ2) is 5.65. The van der Waals surface area contributed by atoms with Crippen molar-refractivity contribution in [2.24, 2.45) is 5.73 Å². The molecule has 2 nitrogen and oxygen atoms in total. The molecule has 1 fully saturated rings. The van der Waals surface area contributed by atoms with Gasteiger partial charge < -0.3 is 10.5 Å². The Balaban J connectivity index is 1.97. The van der Waals surface area contributed by atoms with Gasteiger partial charge in [0.1, 0.15) is 0 Å². The van der Waals surface area contributed by atoms with Crippen molar-refractivity contribution in [1.29, 1.82) is 0 Å². The highest BCUT2D eigenvalue weighted by atomic mass is 16.5. The Morgan fingerprint density at radius 1 is 1.24 bits per heavy atom. The van der Waals surface area contributed by atoms with E-state index in [0.717, 1.165) is 26.0 Å². The van der Waals surface area contributed by atoms with Crippen molar-refractivity contribution in [3.63, 3.8) is 0 Å². The molecule has 1 aliphatic rings. The molecule has 1 aromatic carbocycles. The first-order valence-electron chi connectivity index (χ1n) is 6.59. The normalized spacial score (nSPS) is 17.8. The third-order valence-corrected chi connectivity index (χ3v) is 4.08. The number of benzene rings is 1. The lowest BCUT2D eigenvalue weighted by atomic mass is 9.64. The molecule has 0 saturated heterocycles. The summed E-state index contributed by atoms with van der Waals surface area (Å²) >= 11 is 0. The summed E-state index contributed by atoms with van der Waals surface area (Å²) in [6, 6.07) is 9.05. The van der Waals surface area contributed by atoms with E-state index in [9.17, 15) is 0 Å². The van der Waals surface area contributed by atoms with E-state index in [1.54, 1.807) is 7.11 Å². The molecule has 0 unspecified atom stereocenters. The van der Waals surface area contributed by atoms with Gasteiger partial charge in [0.2, 0.25) is 0 Å². The van der Waals surface area contributed by atoms with Crippen LogP contribution in [0.1, 0.15) is 36.8 Å². The van der Waals surface area contributed by atoms with Crippen LogP contribution in [0, 0.1) is 0 Å². The summed E-state index contributed by atoms with van der Waals surface area (Å²) in [5.74, 6) is 0. The summed E-state index contributed by atoms with van der Waals surface area (Å²) in [5.41, 5.74) is 9.05. The van der Waals surface area contributed by atoms with Gasteiger partial charge in [-0.15, -0.1) is 0 Å². The van der Waals surface area contributed by atoms with E-state index < -0.39 is 0 Å². The minimum Gasteiger partial charge on any atom is -0.385 e. The smallest absolute Gasteiger partial charge is 0.0465 e. The second-order valence-corrected chi connectivity index (χ2v) is 5.13. The molecular weight excluding hydrogens is 210 g/mol. The SMILES string of the molecule is COCCCc1ccc(C2(CN)CCC2)cc1. The molecular formula is C15H23NO. The van der Waals surface area contributed by atoms with E-state index in [1.165, 1.54) is 30.4 Å². The van der Waals surface area contributed by atoms with E-state index in [4.69, 9.17) is 10.5 Å². The summed E-state index contributed by atoms with van der Waals surface area (Å²) < 4.78 is 5.07. The lowest BCUT2D eigenvalue weighted by Crippen LogP contribution is -2.41. The minimum atomic E-state index is 0.297. The highest BCUT2D eigenvalue weighted by molar-refractivity contribution is 5.31. The quantitative estimate of drug-likeness (QED) is 0.767. The van der Waals surface area contributed by atoms with E-state index >= 15 is 0 Å². The first-order chi connectivity index (χ1) is 8.30. The van der Waals surface area contributed by atoms with Crippen LogP contribution >= 0.6 is 0 Å². The van der Waals surface area contributed by atoms with Crippen molar-refractivity contribution in [2.75, 3.05) is 20.3 Å². The van der Waals surface area contributed by atoms with Gasteiger partial charge in [-0.05, 0) is 36.8 Å². The standard InChI is InChI=1S/C15H23NO/c1-17-11-2-4-13-5-7-14(8-6-13)15(12-16)9-3-10-15/h5-8H,2-4,9-12,16H2,1H3. The minimum absolute atomic E-state index is 0.297. The number of methoxy groups -OCH3 is 1. The molecule has 2 rings (SSSR count). The van der Waals surface area contributed by atoms with Gasteiger partial charge in [-0.3, -0.25) is 0 Å². The average Bonchev–Trinajstić information content (AvgIpc) is 2.31. The van der Waals surface area contributed by atoms with Crippen LogP contribution < -0.4 is 5.73 Å². The number of hydrogen-bond acceptors (Lipinski definition) is 2. The van der Waals surface area contributed by atoms with Crippen LogP contribution in [0.4, 0.5) is 0 Å². The van der Waals surface area contributed by atoms with E-state index in [0.29, 0.717) is 5.41 Å². The fraction of sp³-hybridized carbons (Fsp3) is 0.600. The maximum absolute atomic E-state index is 5.92. The fourth-order valence-electron chi connectivity index (χ4n) is 2.66. The molecule has 0 atom stereocenters. The number of hydrogen-bond donors (Lipinski definition) is 1. The molecule has 0 spiro atoms. The molecule has 1 aromatic rings. The summed E-state index contributed by atoms with van der Waals surface area (Å²) in [5, 5.41) is 0. The monoisotopic (exact) mass is 233 g/mol. The third-order valence-electron chi connectivity index (χ3n) is 4.08. The van der Waals surface area contributed by atoms with Gasteiger partial charge in [-0.2, -0.15) is 0 Å². The number of aryl methyl sites for hydroxylation is 1. The van der Waals surface area contributed by atoms with Crippen molar-refractivity contribution >= 4 is 0 Å². The van der Waals surface area contributed by atoms with Crippen LogP contribution in [0.2, 0.25) is 0 Å². The predicted molar refractivity (Wildman–Crippen MR) is 71.2 cm³/mol. The van der Waals surface area contributed by atoms with Gasteiger partial charge in [-0.25, -0.2) is 0 Å². The van der Waals surface area contributed by atoms with Crippen LogP contribution in [0.3, 0.4) is 0 Å². The van der Waals surface area contributed by atoms with Gasteiger partial charge in [-0.1, -0.05) is 30.7 Å². The third kappa shape index (κ3) is 2.70. The largest absolute Gasteiger partial charge is 0.385 e. The molecule has 17 heavy (non-hydrogen) atoms. The Morgan fingerprint density at radius 2 is 1.94 bits per heavy atom. The van der Waals surface area contributed by atoms with Crippen molar-refractivity contribution in [1.82, 2.24) is 0 Å². The van der Waals surface area contributed by atoms with Crippen LogP contribution in [0.25, 0.3) is 0 Å². The highest BCUT2D eigenvalue weighted by Gasteiger charge is 2.36. The molecule has 1 aliphatic carbocycles. The van der Waals surface area contributed by atoms with Crippen LogP contribution in [-0.4, -0.2) is 20.3 Å². The van der Waals surface area contributed by atoms with Crippen LogP contribution in [0.15, 0.2) is 24.3 Å². The van der Waals surface area contributed by atoms with Gasteiger partial charge in [0.15, 0.2) is 0 Å². The summed E-state index contributed by atoms with van der Waals surface area (Å²) in [7, 11) is 1.75. The zero-order chi connectivity index (χ0) is 12.1. The van der Waals surface area contributed by atoms with Crippen LogP contribution in [-0.2, 0) is 16.6 Å². The number of rotatable bonds is 6. The maximum Gasteiger partial charge on any atom is 0.0465 e. The Labute approximate surface area is 104 Å². The number of nitrogens with two attached hydrogens (primary N) is 1. The molecule has 0 bridgehead atoms. The van der Waals surface area contributed by atoms with Crippen molar-refractivity contribution in [3.8, 4) is 0 Å². The fourth-order valence-corrected chi connectivity index (χ4v) is 2.66. The average molecular weight is 233 g/mol. The predicted octanol–water partition coefficient (Wildman–Crippen LogP) is 2.65. The summed E-state index contributed by atoms with van der Waals surface area (Å²) in [4.78, 5) is 0. The molecule has 2 N–H and O–H groups in total. The van der Waals surface area contributed by atoms with Gasteiger partial charge in [0.05, 0.1) is 0 Å².